The van der Waals surface area contributed by atoms with Crippen molar-refractivity contribution in [3.8, 4) is 5.75 Å². The van der Waals surface area contributed by atoms with E-state index < -0.39 is 12.0 Å². The predicted octanol–water partition coefficient (Wildman–Crippen LogP) is 4.23. The van der Waals surface area contributed by atoms with Gasteiger partial charge in [-0.1, -0.05) is 29.5 Å². The quantitative estimate of drug-likeness (QED) is 0.368. The second kappa shape index (κ2) is 10.3. The highest BCUT2D eigenvalue weighted by Gasteiger charge is 2.33. The smallest absolute Gasteiger partial charge is 0.338 e. The number of benzene rings is 2. The lowest BCUT2D eigenvalue weighted by Gasteiger charge is -2.25. The zero-order valence-electron chi connectivity index (χ0n) is 20.6. The van der Waals surface area contributed by atoms with Gasteiger partial charge in [-0.2, -0.15) is 0 Å². The van der Waals surface area contributed by atoms with Gasteiger partial charge in [0.15, 0.2) is 4.80 Å². The highest BCUT2D eigenvalue weighted by Crippen LogP contribution is 2.32. The third-order valence-corrected chi connectivity index (χ3v) is 7.51. The summed E-state index contributed by atoms with van der Waals surface area (Å²) in [7, 11) is 1.63. The number of aromatic nitrogens is 1. The molecule has 2 aromatic carbocycles. The van der Waals surface area contributed by atoms with Crippen LogP contribution in [0.4, 0.5) is 0 Å². The minimum Gasteiger partial charge on any atom is -0.497 e. The molecule has 0 aliphatic carbocycles. The first-order chi connectivity index (χ1) is 16.7. The van der Waals surface area contributed by atoms with Crippen molar-refractivity contribution in [2.45, 2.75) is 44.7 Å². The maximum absolute atomic E-state index is 13.7. The van der Waals surface area contributed by atoms with Gasteiger partial charge in [0.2, 0.25) is 0 Å². The third-order valence-electron chi connectivity index (χ3n) is 5.78. The van der Waals surface area contributed by atoms with E-state index in [2.05, 4.69) is 4.99 Å². The molecule has 0 saturated heterocycles. The minimum atomic E-state index is -0.618. The van der Waals surface area contributed by atoms with E-state index in [1.807, 2.05) is 75.6 Å². The molecule has 0 fully saturated rings. The Morgan fingerprint density at radius 1 is 1.17 bits per heavy atom. The van der Waals surface area contributed by atoms with E-state index in [1.54, 1.807) is 30.4 Å². The Morgan fingerprint density at radius 3 is 2.49 bits per heavy atom. The van der Waals surface area contributed by atoms with Crippen molar-refractivity contribution >= 4 is 35.1 Å². The lowest BCUT2D eigenvalue weighted by atomic mass is 9.96. The number of thiazole rings is 1. The number of esters is 1. The van der Waals surface area contributed by atoms with Crippen molar-refractivity contribution in [3.05, 3.63) is 90.1 Å². The van der Waals surface area contributed by atoms with Crippen LogP contribution < -0.4 is 19.6 Å². The van der Waals surface area contributed by atoms with Gasteiger partial charge >= 0.3 is 5.97 Å². The molecule has 1 atom stereocenters. The van der Waals surface area contributed by atoms with Crippen molar-refractivity contribution < 1.29 is 14.3 Å². The van der Waals surface area contributed by atoms with Crippen LogP contribution in [0.25, 0.3) is 6.08 Å². The zero-order valence-corrected chi connectivity index (χ0v) is 22.3. The number of allylic oxidation sites excluding steroid dienone is 1. The van der Waals surface area contributed by atoms with Gasteiger partial charge in [-0.15, -0.1) is 11.8 Å². The van der Waals surface area contributed by atoms with Crippen molar-refractivity contribution in [1.82, 2.24) is 4.57 Å². The second-order valence-electron chi connectivity index (χ2n) is 8.53. The molecular formula is C27H28N2O4S2. The van der Waals surface area contributed by atoms with Gasteiger partial charge < -0.3 is 9.47 Å². The summed E-state index contributed by atoms with van der Waals surface area (Å²) in [5.74, 6) is 0.305. The number of fused-ring (bicyclic) bond motifs is 1. The summed E-state index contributed by atoms with van der Waals surface area (Å²) in [6, 6.07) is 13.0. The van der Waals surface area contributed by atoms with Crippen LogP contribution in [-0.2, 0) is 9.53 Å². The number of rotatable bonds is 6. The Hall–Kier alpha value is -3.10. The number of carbonyl (C=O) groups excluding carboxylic acids is 1. The molecule has 1 aromatic heterocycles. The topological polar surface area (TPSA) is 69.9 Å². The van der Waals surface area contributed by atoms with Crippen LogP contribution in [0, 0.1) is 6.92 Å². The largest absolute Gasteiger partial charge is 0.497 e. The maximum atomic E-state index is 13.7. The number of thioether (sulfide) groups is 1. The summed E-state index contributed by atoms with van der Waals surface area (Å²) in [5, 5.41) is 0. The van der Waals surface area contributed by atoms with Gasteiger partial charge in [-0.3, -0.25) is 9.36 Å². The summed E-state index contributed by atoms with van der Waals surface area (Å²) in [6.07, 6.45) is 3.59. The molecule has 3 aromatic rings. The van der Waals surface area contributed by atoms with E-state index in [9.17, 15) is 9.59 Å². The predicted molar refractivity (Wildman–Crippen MR) is 141 cm³/mol. The average molecular weight is 509 g/mol. The van der Waals surface area contributed by atoms with Crippen molar-refractivity contribution in [3.63, 3.8) is 0 Å². The highest BCUT2D eigenvalue weighted by molar-refractivity contribution is 7.98. The van der Waals surface area contributed by atoms with E-state index >= 15 is 0 Å². The molecule has 35 heavy (non-hydrogen) atoms. The molecule has 0 saturated carbocycles. The number of hydrogen-bond acceptors (Lipinski definition) is 7. The summed E-state index contributed by atoms with van der Waals surface area (Å²) < 4.78 is 13.0. The van der Waals surface area contributed by atoms with Crippen LogP contribution in [0.3, 0.4) is 0 Å². The molecule has 4 rings (SSSR count). The Labute approximate surface area is 212 Å². The van der Waals surface area contributed by atoms with Crippen molar-refractivity contribution in [2.24, 2.45) is 4.99 Å². The monoisotopic (exact) mass is 508 g/mol. The van der Waals surface area contributed by atoms with Crippen LogP contribution in [-0.4, -0.2) is 30.0 Å². The SMILES string of the molecule is COc1ccc(/C=c2\sc3n(c2=O)[C@H](c2ccc(SC)cc2)C(C(=O)OC(C)C)=C(C)N=3)c(C)c1. The first-order valence-electron chi connectivity index (χ1n) is 11.3. The molecule has 0 N–H and O–H groups in total. The fraction of sp³-hybridized carbons (Fsp3) is 0.296. The Bertz CT molecular complexity index is 1480. The molecule has 1 aliphatic heterocycles. The van der Waals surface area contributed by atoms with Crippen molar-refractivity contribution in [1.29, 1.82) is 0 Å². The zero-order chi connectivity index (χ0) is 25.3. The number of nitrogens with zero attached hydrogens (tertiary/aromatic N) is 2. The van der Waals surface area contributed by atoms with Gasteiger partial charge in [-0.05, 0) is 81.0 Å². The van der Waals surface area contributed by atoms with Crippen molar-refractivity contribution in [2.75, 3.05) is 13.4 Å². The normalized spacial score (nSPS) is 15.7. The highest BCUT2D eigenvalue weighted by atomic mass is 32.2. The third kappa shape index (κ3) is 4.99. The molecule has 0 spiro atoms. The van der Waals surface area contributed by atoms with E-state index in [0.717, 1.165) is 27.3 Å². The molecule has 8 heteroatoms. The summed E-state index contributed by atoms with van der Waals surface area (Å²) in [5.41, 5.74) is 3.51. The number of aryl methyl sites for hydroxylation is 1. The maximum Gasteiger partial charge on any atom is 0.338 e. The fourth-order valence-corrected chi connectivity index (χ4v) is 5.49. The average Bonchev–Trinajstić information content (AvgIpc) is 3.13. The molecule has 0 bridgehead atoms. The fourth-order valence-electron chi connectivity index (χ4n) is 4.04. The van der Waals surface area contributed by atoms with Crippen LogP contribution >= 0.6 is 23.1 Å². The first kappa shape index (κ1) is 25.0. The van der Waals surface area contributed by atoms with Gasteiger partial charge in [0.1, 0.15) is 5.75 Å². The van der Waals surface area contributed by atoms with Gasteiger partial charge in [0.25, 0.3) is 5.56 Å². The van der Waals surface area contributed by atoms with E-state index in [1.165, 1.54) is 11.3 Å². The number of hydrogen-bond donors (Lipinski definition) is 0. The van der Waals surface area contributed by atoms with E-state index in [4.69, 9.17) is 9.47 Å². The summed E-state index contributed by atoms with van der Waals surface area (Å²) in [6.45, 7) is 7.39. The lowest BCUT2D eigenvalue weighted by molar-refractivity contribution is -0.143. The van der Waals surface area contributed by atoms with Gasteiger partial charge in [0, 0.05) is 4.90 Å². The minimum absolute atomic E-state index is 0.190. The molecular weight excluding hydrogens is 480 g/mol. The molecule has 182 valence electrons. The number of methoxy groups -OCH3 is 1. The Kier molecular flexibility index (Phi) is 7.33. The number of carbonyl (C=O) groups is 1. The van der Waals surface area contributed by atoms with Gasteiger partial charge in [-0.25, -0.2) is 9.79 Å². The molecule has 1 aliphatic rings. The molecule has 6 nitrogen and oxygen atoms in total. The molecule has 2 heterocycles. The first-order valence-corrected chi connectivity index (χ1v) is 13.3. The van der Waals surface area contributed by atoms with Crippen LogP contribution in [0.1, 0.15) is 43.5 Å². The Balaban J connectivity index is 1.92. The van der Waals surface area contributed by atoms with Crippen LogP contribution in [0.5, 0.6) is 5.75 Å². The lowest BCUT2D eigenvalue weighted by Crippen LogP contribution is -2.40. The van der Waals surface area contributed by atoms with E-state index in [-0.39, 0.29) is 11.7 Å². The van der Waals surface area contributed by atoms with Gasteiger partial charge in [0.05, 0.1) is 35.1 Å². The second-order valence-corrected chi connectivity index (χ2v) is 10.4. The molecule has 0 unspecified atom stereocenters. The number of ether oxygens (including phenoxy) is 2. The van der Waals surface area contributed by atoms with Crippen LogP contribution in [0.15, 0.2) is 68.4 Å². The van der Waals surface area contributed by atoms with Crippen LogP contribution in [0.2, 0.25) is 0 Å². The summed E-state index contributed by atoms with van der Waals surface area (Å²) in [4.78, 5) is 33.2. The molecule has 0 radical (unpaired) electrons. The molecule has 0 amide bonds. The summed E-state index contributed by atoms with van der Waals surface area (Å²) >= 11 is 2.96. The standard InChI is InChI=1S/C27H28N2O4S2/c1-15(2)33-26(31)23-17(4)28-27-29(24(23)18-8-11-21(34-6)12-9-18)25(30)22(35-27)14-19-7-10-20(32-5)13-16(19)3/h7-15,24H,1-6H3/b22-14-/t24-/m1/s1. The Morgan fingerprint density at radius 2 is 1.89 bits per heavy atom. The van der Waals surface area contributed by atoms with E-state index in [0.29, 0.717) is 20.6 Å².